The molecule has 1 aliphatic rings. The van der Waals surface area contributed by atoms with Gasteiger partial charge in [-0.1, -0.05) is 29.3 Å². The largest absolute Gasteiger partial charge is 0.291 e. The van der Waals surface area contributed by atoms with Gasteiger partial charge in [-0.05, 0) is 13.0 Å². The first-order valence-electron chi connectivity index (χ1n) is 6.42. The number of rotatable bonds is 3. The van der Waals surface area contributed by atoms with E-state index in [1.165, 1.54) is 13.0 Å². The summed E-state index contributed by atoms with van der Waals surface area (Å²) >= 11 is 23.8. The number of carbonyl (C=O) groups is 1. The Bertz CT molecular complexity index is 939. The van der Waals surface area contributed by atoms with Crippen molar-refractivity contribution in [3.8, 4) is 0 Å². The number of allylic oxidation sites excluding steroid dienone is 2. The maximum Gasteiger partial charge on any atom is 0.282 e. The van der Waals surface area contributed by atoms with Gasteiger partial charge >= 0.3 is 0 Å². The van der Waals surface area contributed by atoms with Gasteiger partial charge in [0.05, 0.1) is 20.6 Å². The summed E-state index contributed by atoms with van der Waals surface area (Å²) in [6, 6.07) is 4.25. The average Bonchev–Trinajstić information content (AvgIpc) is 2.56. The fourth-order valence-electron chi connectivity index (χ4n) is 1.94. The van der Waals surface area contributed by atoms with Crippen LogP contribution in [0.2, 0.25) is 0 Å². The van der Waals surface area contributed by atoms with E-state index in [1.54, 1.807) is 0 Å². The number of ketones is 1. The van der Waals surface area contributed by atoms with Gasteiger partial charge in [0.25, 0.3) is 15.7 Å². The second-order valence-corrected chi connectivity index (χ2v) is 8.68. The fraction of sp³-hybridized carbons (Fsp3) is 0.231. The van der Waals surface area contributed by atoms with E-state index in [0.29, 0.717) is 0 Å². The van der Waals surface area contributed by atoms with Crippen LogP contribution in [0.3, 0.4) is 0 Å². The highest BCUT2D eigenvalue weighted by atomic mass is 35.5. The van der Waals surface area contributed by atoms with Gasteiger partial charge in [-0.2, -0.15) is 12.8 Å². The summed E-state index contributed by atoms with van der Waals surface area (Å²) in [5.41, 5.74) is -0.860. The predicted octanol–water partition coefficient (Wildman–Crippen LogP) is 3.60. The summed E-state index contributed by atoms with van der Waals surface area (Å²) in [6.45, 7) is 1.25. The Morgan fingerprint density at radius 2 is 1.88 bits per heavy atom. The molecular weight excluding hydrogens is 438 g/mol. The van der Waals surface area contributed by atoms with Crippen molar-refractivity contribution in [2.75, 3.05) is 0 Å². The second kappa shape index (κ2) is 6.85. The summed E-state index contributed by atoms with van der Waals surface area (Å²) in [7, 11) is -4.42. The Morgan fingerprint density at radius 1 is 1.28 bits per heavy atom. The molecule has 0 bridgehead atoms. The summed E-state index contributed by atoms with van der Waals surface area (Å²) in [6.07, 6.45) is 0. The highest BCUT2D eigenvalue weighted by Crippen LogP contribution is 2.40. The molecule has 1 aliphatic carbocycles. The Morgan fingerprint density at radius 3 is 2.44 bits per heavy atom. The molecule has 0 radical (unpaired) electrons. The van der Waals surface area contributed by atoms with Crippen molar-refractivity contribution in [2.45, 2.75) is 22.1 Å². The molecule has 2 atom stereocenters. The number of halogens is 4. The SMILES string of the molecule is C[C@]1(Cl)C(=O)C(Cl)=C(Cl)C(=NS(=O)(=O)c2cccc([N+](=O)[O-])c2)[C@H]1Cl. The van der Waals surface area contributed by atoms with Gasteiger partial charge in [-0.15, -0.1) is 23.2 Å². The van der Waals surface area contributed by atoms with Crippen LogP contribution in [-0.4, -0.2) is 35.1 Å². The lowest BCUT2D eigenvalue weighted by Crippen LogP contribution is -2.47. The molecule has 0 saturated heterocycles. The zero-order chi connectivity index (χ0) is 19.2. The van der Waals surface area contributed by atoms with E-state index < -0.39 is 57.3 Å². The molecule has 0 spiro atoms. The summed E-state index contributed by atoms with van der Waals surface area (Å²) < 4.78 is 28.4. The smallest absolute Gasteiger partial charge is 0.282 e. The topological polar surface area (TPSA) is 107 Å². The number of nitro groups is 1. The minimum atomic E-state index is -4.42. The molecule has 0 fully saturated rings. The van der Waals surface area contributed by atoms with Crippen molar-refractivity contribution >= 4 is 73.6 Å². The third kappa shape index (κ3) is 3.68. The molecule has 1 aromatic carbocycles. The zero-order valence-electron chi connectivity index (χ0n) is 12.2. The molecule has 0 unspecified atom stereocenters. The normalized spacial score (nSPS) is 26.2. The van der Waals surface area contributed by atoms with Crippen molar-refractivity contribution in [2.24, 2.45) is 4.40 Å². The number of sulfonamides is 1. The number of hydrogen-bond donors (Lipinski definition) is 0. The number of benzene rings is 1. The molecule has 134 valence electrons. The van der Waals surface area contributed by atoms with E-state index in [0.717, 1.165) is 18.2 Å². The Labute approximate surface area is 162 Å². The first kappa shape index (κ1) is 20.1. The van der Waals surface area contributed by atoms with Crippen LogP contribution in [-0.2, 0) is 14.8 Å². The van der Waals surface area contributed by atoms with Crippen molar-refractivity contribution < 1.29 is 18.1 Å². The van der Waals surface area contributed by atoms with Crippen LogP contribution in [0.15, 0.2) is 43.6 Å². The molecule has 0 heterocycles. The molecule has 0 aliphatic heterocycles. The van der Waals surface area contributed by atoms with E-state index in [9.17, 15) is 23.3 Å². The van der Waals surface area contributed by atoms with Crippen molar-refractivity contribution in [1.82, 2.24) is 0 Å². The van der Waals surface area contributed by atoms with Crippen LogP contribution in [0.1, 0.15) is 6.92 Å². The predicted molar refractivity (Wildman–Crippen MR) is 95.4 cm³/mol. The average molecular weight is 446 g/mol. The van der Waals surface area contributed by atoms with Gasteiger partial charge < -0.3 is 0 Å². The molecule has 25 heavy (non-hydrogen) atoms. The van der Waals surface area contributed by atoms with Crippen LogP contribution < -0.4 is 0 Å². The number of non-ortho nitro benzene ring substituents is 1. The summed E-state index contributed by atoms with van der Waals surface area (Å²) in [5, 5.41) is 8.47. The highest BCUT2D eigenvalue weighted by molar-refractivity contribution is 7.90. The molecule has 7 nitrogen and oxygen atoms in total. The van der Waals surface area contributed by atoms with Gasteiger partial charge in [-0.3, -0.25) is 14.9 Å². The molecule has 0 N–H and O–H groups in total. The molecule has 0 amide bonds. The monoisotopic (exact) mass is 444 g/mol. The lowest BCUT2D eigenvalue weighted by Gasteiger charge is -2.31. The fourth-order valence-corrected chi connectivity index (χ4v) is 4.21. The summed E-state index contributed by atoms with van der Waals surface area (Å²) in [5.74, 6) is -0.771. The second-order valence-electron chi connectivity index (χ2n) is 5.10. The van der Waals surface area contributed by atoms with Crippen LogP contribution in [0.25, 0.3) is 0 Å². The van der Waals surface area contributed by atoms with Gasteiger partial charge in [-0.25, -0.2) is 0 Å². The third-order valence-electron chi connectivity index (χ3n) is 3.32. The van der Waals surface area contributed by atoms with Crippen LogP contribution in [0.4, 0.5) is 5.69 Å². The van der Waals surface area contributed by atoms with E-state index >= 15 is 0 Å². The molecule has 0 saturated carbocycles. The van der Waals surface area contributed by atoms with Crippen molar-refractivity contribution in [3.05, 3.63) is 44.4 Å². The molecular formula is C13H8Cl4N2O5S. The van der Waals surface area contributed by atoms with Gasteiger partial charge in [0.2, 0.25) is 0 Å². The Hall–Kier alpha value is -1.19. The Kier molecular flexibility index (Phi) is 5.51. The summed E-state index contributed by atoms with van der Waals surface area (Å²) in [4.78, 5) is 19.8. The van der Waals surface area contributed by atoms with Crippen LogP contribution in [0.5, 0.6) is 0 Å². The van der Waals surface area contributed by atoms with E-state index in [2.05, 4.69) is 4.40 Å². The highest BCUT2D eigenvalue weighted by Gasteiger charge is 2.49. The van der Waals surface area contributed by atoms with Gasteiger partial charge in [0.15, 0.2) is 5.78 Å². The minimum absolute atomic E-state index is 0.420. The maximum absolute atomic E-state index is 12.4. The van der Waals surface area contributed by atoms with Crippen LogP contribution in [0, 0.1) is 10.1 Å². The van der Waals surface area contributed by atoms with Crippen molar-refractivity contribution in [3.63, 3.8) is 0 Å². The first-order valence-corrected chi connectivity index (χ1v) is 9.43. The number of alkyl halides is 2. The van der Waals surface area contributed by atoms with Gasteiger partial charge in [0.1, 0.15) is 15.3 Å². The number of Topliss-reactive ketones (excluding diaryl/α,β-unsaturated/α-hetero) is 1. The standard InChI is InChI=1S/C13H8Cl4N2O5S/c1-13(17)11(16)10(8(14)9(15)12(13)20)18-25(23,24)7-4-2-3-6(5-7)19(21)22/h2-5,11H,1H3/t11-,13-/m1/s1. The van der Waals surface area contributed by atoms with Crippen molar-refractivity contribution in [1.29, 1.82) is 0 Å². The number of carbonyl (C=O) groups excluding carboxylic acids is 1. The van der Waals surface area contributed by atoms with E-state index in [4.69, 9.17) is 46.4 Å². The first-order chi connectivity index (χ1) is 11.4. The molecule has 0 aromatic heterocycles. The zero-order valence-corrected chi connectivity index (χ0v) is 16.1. The Balaban J connectivity index is 2.63. The van der Waals surface area contributed by atoms with E-state index in [-0.39, 0.29) is 0 Å². The third-order valence-corrected chi connectivity index (χ3v) is 6.59. The lowest BCUT2D eigenvalue weighted by atomic mass is 9.91. The number of nitrogens with zero attached hydrogens (tertiary/aromatic N) is 2. The van der Waals surface area contributed by atoms with Crippen LogP contribution >= 0.6 is 46.4 Å². The maximum atomic E-state index is 12.4. The quantitative estimate of drug-likeness (QED) is 0.401. The molecule has 1 aromatic rings. The number of nitro benzene ring substituents is 1. The minimum Gasteiger partial charge on any atom is -0.291 e. The number of hydrogen-bond acceptors (Lipinski definition) is 5. The molecule has 2 rings (SSSR count). The lowest BCUT2D eigenvalue weighted by molar-refractivity contribution is -0.385. The van der Waals surface area contributed by atoms with E-state index in [1.807, 2.05) is 0 Å². The molecule has 12 heteroatoms. The van der Waals surface area contributed by atoms with Gasteiger partial charge in [0, 0.05) is 12.1 Å².